The molecule has 2 nitrogen and oxygen atoms in total. The van der Waals surface area contributed by atoms with Crippen molar-refractivity contribution in [2.24, 2.45) is 4.99 Å². The lowest BCUT2D eigenvalue weighted by Gasteiger charge is -2.31. The Kier molecular flexibility index (Phi) is 1.34. The molecule has 11 heavy (non-hydrogen) atoms. The quantitative estimate of drug-likeness (QED) is 0.504. The van der Waals surface area contributed by atoms with Gasteiger partial charge in [0.25, 0.3) is 0 Å². The fourth-order valence-corrected chi connectivity index (χ4v) is 1.42. The first kappa shape index (κ1) is 6.65. The van der Waals surface area contributed by atoms with Gasteiger partial charge in [-0.05, 0) is 19.1 Å². The van der Waals surface area contributed by atoms with Crippen LogP contribution in [-0.4, -0.2) is 30.2 Å². The highest BCUT2D eigenvalue weighted by Gasteiger charge is 2.21. The lowest BCUT2D eigenvalue weighted by atomic mass is 10.2. The van der Waals surface area contributed by atoms with Gasteiger partial charge in [-0.1, -0.05) is 6.08 Å². The van der Waals surface area contributed by atoms with Gasteiger partial charge in [-0.3, -0.25) is 4.99 Å². The highest BCUT2D eigenvalue weighted by molar-refractivity contribution is 6.11. The van der Waals surface area contributed by atoms with Crippen molar-refractivity contribution in [2.45, 2.75) is 13.0 Å². The molecule has 0 saturated carbocycles. The average molecular weight is 148 g/mol. The van der Waals surface area contributed by atoms with E-state index in [-0.39, 0.29) is 0 Å². The standard InChI is InChI=1S/C9H12N2/c1-7-6-10-8-4-3-5-9(8)11(7)2/h3-5,7H,6H2,1-2H3. The van der Waals surface area contributed by atoms with E-state index in [1.165, 1.54) is 5.70 Å². The van der Waals surface area contributed by atoms with E-state index in [2.05, 4.69) is 42.1 Å². The molecular formula is C9H12N2. The summed E-state index contributed by atoms with van der Waals surface area (Å²) in [6, 6.07) is 0.546. The Balaban J connectivity index is 2.36. The Bertz CT molecular complexity index is 261. The largest absolute Gasteiger partial charge is 0.368 e. The van der Waals surface area contributed by atoms with E-state index in [0.717, 1.165) is 12.3 Å². The molecule has 2 heteroatoms. The second-order valence-electron chi connectivity index (χ2n) is 3.10. The van der Waals surface area contributed by atoms with Gasteiger partial charge in [-0.2, -0.15) is 0 Å². The second-order valence-corrected chi connectivity index (χ2v) is 3.10. The molecule has 0 aromatic heterocycles. The zero-order valence-corrected chi connectivity index (χ0v) is 6.91. The number of hydrogen-bond acceptors (Lipinski definition) is 2. The van der Waals surface area contributed by atoms with Crippen molar-refractivity contribution in [3.8, 4) is 0 Å². The van der Waals surface area contributed by atoms with Gasteiger partial charge in [0, 0.05) is 13.1 Å². The van der Waals surface area contributed by atoms with Crippen LogP contribution in [0, 0.1) is 0 Å². The third-order valence-electron chi connectivity index (χ3n) is 2.34. The summed E-state index contributed by atoms with van der Waals surface area (Å²) in [5, 5.41) is 0. The molecule has 0 spiro atoms. The summed E-state index contributed by atoms with van der Waals surface area (Å²) in [4.78, 5) is 6.72. The first-order chi connectivity index (χ1) is 5.29. The number of allylic oxidation sites excluding steroid dienone is 3. The molecule has 58 valence electrons. The van der Waals surface area contributed by atoms with Crippen LogP contribution in [0.25, 0.3) is 0 Å². The van der Waals surface area contributed by atoms with Gasteiger partial charge in [0.05, 0.1) is 18.0 Å². The minimum Gasteiger partial charge on any atom is -0.368 e. The first-order valence-corrected chi connectivity index (χ1v) is 3.95. The van der Waals surface area contributed by atoms with E-state index >= 15 is 0 Å². The van der Waals surface area contributed by atoms with Crippen LogP contribution < -0.4 is 0 Å². The Hall–Kier alpha value is -1.05. The predicted octanol–water partition coefficient (Wildman–Crippen LogP) is 1.22. The van der Waals surface area contributed by atoms with Crippen molar-refractivity contribution in [2.75, 3.05) is 13.6 Å². The molecule has 0 fully saturated rings. The van der Waals surface area contributed by atoms with Gasteiger partial charge in [-0.25, -0.2) is 0 Å². The topological polar surface area (TPSA) is 15.6 Å². The summed E-state index contributed by atoms with van der Waals surface area (Å²) < 4.78 is 0. The highest BCUT2D eigenvalue weighted by Crippen LogP contribution is 2.19. The average Bonchev–Trinajstić information content (AvgIpc) is 2.45. The molecule has 0 amide bonds. The number of rotatable bonds is 0. The van der Waals surface area contributed by atoms with Crippen molar-refractivity contribution in [3.63, 3.8) is 0 Å². The number of nitrogens with zero attached hydrogens (tertiary/aromatic N) is 2. The minimum absolute atomic E-state index is 0.546. The molecule has 1 heterocycles. The van der Waals surface area contributed by atoms with Crippen LogP contribution in [0.3, 0.4) is 0 Å². The van der Waals surface area contributed by atoms with Crippen LogP contribution in [-0.2, 0) is 0 Å². The molecule has 2 aliphatic rings. The van der Waals surface area contributed by atoms with Crippen LogP contribution >= 0.6 is 0 Å². The summed E-state index contributed by atoms with van der Waals surface area (Å²) in [6.07, 6.45) is 6.24. The van der Waals surface area contributed by atoms with E-state index in [9.17, 15) is 0 Å². The lowest BCUT2D eigenvalue weighted by molar-refractivity contribution is 0.335. The number of aliphatic imine (C=N–C) groups is 1. The Morgan fingerprint density at radius 1 is 1.64 bits per heavy atom. The molecule has 1 aliphatic heterocycles. The zero-order valence-electron chi connectivity index (χ0n) is 6.91. The summed E-state index contributed by atoms with van der Waals surface area (Å²) in [6.45, 7) is 3.12. The van der Waals surface area contributed by atoms with Crippen LogP contribution in [0.15, 0.2) is 28.9 Å². The van der Waals surface area contributed by atoms with Gasteiger partial charge in [0.15, 0.2) is 0 Å². The summed E-state index contributed by atoms with van der Waals surface area (Å²) in [5.41, 5.74) is 2.41. The van der Waals surface area contributed by atoms with E-state index in [1.807, 2.05) is 0 Å². The lowest BCUT2D eigenvalue weighted by Crippen LogP contribution is -2.36. The van der Waals surface area contributed by atoms with Crippen molar-refractivity contribution in [1.29, 1.82) is 0 Å². The van der Waals surface area contributed by atoms with Crippen LogP contribution in [0.2, 0.25) is 0 Å². The third kappa shape index (κ3) is 0.897. The van der Waals surface area contributed by atoms with E-state index in [1.54, 1.807) is 0 Å². The fraction of sp³-hybridized carbons (Fsp3) is 0.444. The molecule has 1 atom stereocenters. The zero-order chi connectivity index (χ0) is 7.84. The third-order valence-corrected chi connectivity index (χ3v) is 2.34. The van der Waals surface area contributed by atoms with Gasteiger partial charge >= 0.3 is 0 Å². The van der Waals surface area contributed by atoms with Gasteiger partial charge in [0.1, 0.15) is 0 Å². The molecule has 0 bridgehead atoms. The molecule has 1 unspecified atom stereocenters. The van der Waals surface area contributed by atoms with E-state index < -0.39 is 0 Å². The molecule has 0 saturated heterocycles. The molecule has 2 rings (SSSR count). The summed E-state index contributed by atoms with van der Waals surface area (Å²) in [5.74, 6) is 0. The highest BCUT2D eigenvalue weighted by atomic mass is 15.2. The van der Waals surface area contributed by atoms with Gasteiger partial charge in [-0.15, -0.1) is 0 Å². The molecule has 1 aliphatic carbocycles. The van der Waals surface area contributed by atoms with Gasteiger partial charge in [0.2, 0.25) is 0 Å². The first-order valence-electron chi connectivity index (χ1n) is 3.95. The molecule has 0 radical (unpaired) electrons. The van der Waals surface area contributed by atoms with Crippen molar-refractivity contribution in [1.82, 2.24) is 4.90 Å². The molecular weight excluding hydrogens is 136 g/mol. The number of hydrogen-bond donors (Lipinski definition) is 0. The minimum atomic E-state index is 0.546. The monoisotopic (exact) mass is 148 g/mol. The van der Waals surface area contributed by atoms with Crippen molar-refractivity contribution >= 4 is 5.71 Å². The van der Waals surface area contributed by atoms with Crippen molar-refractivity contribution < 1.29 is 0 Å². The maximum Gasteiger partial charge on any atom is 0.0808 e. The maximum absolute atomic E-state index is 4.44. The second kappa shape index (κ2) is 2.22. The summed E-state index contributed by atoms with van der Waals surface area (Å²) >= 11 is 0. The summed E-state index contributed by atoms with van der Waals surface area (Å²) in [7, 11) is 2.12. The molecule has 0 aromatic rings. The smallest absolute Gasteiger partial charge is 0.0808 e. The van der Waals surface area contributed by atoms with Crippen LogP contribution in [0.5, 0.6) is 0 Å². The van der Waals surface area contributed by atoms with Crippen molar-refractivity contribution in [3.05, 3.63) is 23.9 Å². The number of fused-ring (bicyclic) bond motifs is 1. The van der Waals surface area contributed by atoms with E-state index in [4.69, 9.17) is 0 Å². The maximum atomic E-state index is 4.44. The van der Waals surface area contributed by atoms with E-state index in [0.29, 0.717) is 6.04 Å². The Morgan fingerprint density at radius 2 is 2.45 bits per heavy atom. The van der Waals surface area contributed by atoms with Gasteiger partial charge < -0.3 is 4.90 Å². The predicted molar refractivity (Wildman–Crippen MR) is 46.8 cm³/mol. The van der Waals surface area contributed by atoms with Crippen LogP contribution in [0.1, 0.15) is 6.92 Å². The molecule has 0 aromatic carbocycles. The SMILES string of the molecule is CC1CN=C2C=CC=C2N1C. The van der Waals surface area contributed by atoms with Crippen LogP contribution in [0.4, 0.5) is 0 Å². The molecule has 0 N–H and O–H groups in total. The Morgan fingerprint density at radius 3 is 3.27 bits per heavy atom. The number of likely N-dealkylation sites (N-methyl/N-ethyl adjacent to an activating group) is 1. The normalized spacial score (nSPS) is 28.2. The fourth-order valence-electron chi connectivity index (χ4n) is 1.42. The Labute approximate surface area is 66.9 Å².